The molecule has 3 amide bonds. The number of ketones is 1. The molecule has 25 heteroatoms. The predicted octanol–water partition coefficient (Wildman–Crippen LogP) is 5.98. The van der Waals surface area contributed by atoms with Crippen molar-refractivity contribution in [1.29, 1.82) is 0 Å². The number of benzene rings is 5. The van der Waals surface area contributed by atoms with Crippen molar-refractivity contribution in [1.82, 2.24) is 58.7 Å². The smallest absolute Gasteiger partial charge is 1.00 e. The second-order valence-corrected chi connectivity index (χ2v) is 26.7. The number of fused-ring (bicyclic) bond motifs is 4. The summed E-state index contributed by atoms with van der Waals surface area (Å²) in [7, 11) is 13.5. The second-order valence-electron chi connectivity index (χ2n) is 25.5. The first-order valence-corrected chi connectivity index (χ1v) is 34.7. The first-order valence-electron chi connectivity index (χ1n) is 33.4. The molecule has 3 N–H and O–H groups in total. The van der Waals surface area contributed by atoms with Gasteiger partial charge in [0.2, 0.25) is 5.91 Å². The molecule has 534 valence electrons. The van der Waals surface area contributed by atoms with Crippen LogP contribution in [0.1, 0.15) is 81.6 Å². The van der Waals surface area contributed by atoms with E-state index in [1.54, 1.807) is 56.4 Å². The number of Topliss-reactive ketones (excluding diaryl/α,β-unsaturated/α-hetero) is 1. The number of aromatic nitrogens is 8. The molecule has 6 aromatic heterocycles. The number of esters is 1. The van der Waals surface area contributed by atoms with Crippen molar-refractivity contribution in [3.63, 3.8) is 0 Å². The zero-order valence-corrected chi connectivity index (χ0v) is 68.8. The monoisotopic (exact) mass is 1520 g/mol. The fourth-order valence-corrected chi connectivity index (χ4v) is 11.2. The van der Waals surface area contributed by atoms with Gasteiger partial charge in [0.05, 0.1) is 64.4 Å². The average Bonchev–Trinajstić information content (AvgIpc) is 1.58. The fraction of sp³-hybridized carbons (Fsp3) is 0.321. The summed E-state index contributed by atoms with van der Waals surface area (Å²) in [6.07, 6.45) is 16.3. The van der Waals surface area contributed by atoms with E-state index < -0.39 is 29.2 Å². The standard InChI is InChI=1S/C30H27N5O2.C16H20N2O3.C14H12N4O.C5H4BrN.C5H12ClN.C4H8O.C4H9O.K.Na.H/c1-33(2)17-10-18-35-25-16-9-7-14-22(25)28(32-35)27-26(29(36)31-30(27)37)23-19-34(20-11-4-3-5-12-20)24-15-8-6-13-21(23)24;1-17(2)9-6-10-18-11-13(15(19)16(20)21-3)12-7-4-5-8-14(12)18;15-14(19)8-12-11-5-1-2-6-13(11)18(17-12)10-4-3-7-16-9-10;6-5-2-1-3-7-4-5;1-7(2)5-3-4-6;1-2-4-5-3-1;1-4(2,3)5;;;/h3-9,11-16,19H,10,17-18H2,1-2H3,(H,31,36,37);4-5,7-8,11H,6,9-10H2,1-3H3;1-7,9H,8H2,(H2,15,19);1-4H;3-5H2,1-2H3;1-4H2;1-3H3;;;/q;;;;;;-1;2*+1;-1. The molecule has 2 aliphatic heterocycles. The molecular weight excluding hydrogens is 1420 g/mol. The number of nitrogens with zero attached hydrogens (tertiary/aromatic N) is 11. The summed E-state index contributed by atoms with van der Waals surface area (Å²) in [4.78, 5) is 75.6. The number of rotatable bonds is 19. The van der Waals surface area contributed by atoms with Crippen LogP contribution in [-0.4, -0.2) is 177 Å². The number of nitrogens with one attached hydrogen (secondary N) is 1. The van der Waals surface area contributed by atoms with Crippen LogP contribution in [0.3, 0.4) is 0 Å². The molecule has 1 fully saturated rings. The van der Waals surface area contributed by atoms with Gasteiger partial charge in [-0.15, -0.1) is 17.2 Å². The molecule has 1 saturated heterocycles. The third-order valence-electron chi connectivity index (χ3n) is 15.3. The maximum atomic E-state index is 13.3. The molecule has 2 aliphatic rings. The Labute approximate surface area is 683 Å². The number of para-hydroxylation sites is 5. The summed E-state index contributed by atoms with van der Waals surface area (Å²) in [6, 6.07) is 48.7. The van der Waals surface area contributed by atoms with Crippen LogP contribution in [0.2, 0.25) is 0 Å². The van der Waals surface area contributed by atoms with E-state index in [2.05, 4.69) is 60.3 Å². The Kier molecular flexibility index (Phi) is 37.2. The van der Waals surface area contributed by atoms with Crippen LogP contribution in [0.4, 0.5) is 0 Å². The van der Waals surface area contributed by atoms with Crippen LogP contribution in [0.15, 0.2) is 193 Å². The van der Waals surface area contributed by atoms with Crippen molar-refractivity contribution < 1.29 is 121 Å². The topological polar surface area (TPSA) is 246 Å². The number of imide groups is 1. The minimum absolute atomic E-state index is 0. The number of hydrogen-bond acceptors (Lipinski definition) is 15. The molecule has 21 nitrogen and oxygen atoms in total. The van der Waals surface area contributed by atoms with Gasteiger partial charge in [0, 0.05) is 106 Å². The van der Waals surface area contributed by atoms with Gasteiger partial charge < -0.3 is 45.6 Å². The molecule has 0 spiro atoms. The molecule has 0 atom stereocenters. The maximum Gasteiger partial charge on any atom is 1.00 e. The van der Waals surface area contributed by atoms with Crippen LogP contribution in [0, 0.1) is 0 Å². The van der Waals surface area contributed by atoms with Crippen LogP contribution >= 0.6 is 27.5 Å². The maximum absolute atomic E-state index is 13.3. The van der Waals surface area contributed by atoms with Crippen molar-refractivity contribution in [2.75, 3.05) is 88.1 Å². The van der Waals surface area contributed by atoms with Gasteiger partial charge in [-0.3, -0.25) is 39.1 Å². The van der Waals surface area contributed by atoms with Crippen molar-refractivity contribution >= 4 is 112 Å². The minimum atomic E-state index is -0.828. The van der Waals surface area contributed by atoms with E-state index in [0.717, 1.165) is 124 Å². The average molecular weight is 1520 g/mol. The van der Waals surface area contributed by atoms with E-state index >= 15 is 0 Å². The van der Waals surface area contributed by atoms with E-state index in [1.165, 1.54) is 20.0 Å². The molecular formula is C78H93BrClKN13NaO8. The summed E-state index contributed by atoms with van der Waals surface area (Å²) in [5, 5.41) is 25.5. The number of amides is 3. The van der Waals surface area contributed by atoms with Gasteiger partial charge in [0.25, 0.3) is 17.6 Å². The number of nitrogens with two attached hydrogens (primary N) is 1. The van der Waals surface area contributed by atoms with Gasteiger partial charge in [0.15, 0.2) is 0 Å². The molecule has 0 saturated carbocycles. The Morgan fingerprint density at radius 3 is 1.68 bits per heavy atom. The zero-order chi connectivity index (χ0) is 73.0. The van der Waals surface area contributed by atoms with E-state index in [1.807, 2.05) is 209 Å². The summed E-state index contributed by atoms with van der Waals surface area (Å²) in [5.74, 6) is -1.85. The number of carbonyl (C=O) groups excluding carboxylic acids is 5. The third-order valence-corrected chi connectivity index (χ3v) is 16.0. The first-order chi connectivity index (χ1) is 48.5. The molecule has 5 aromatic carbocycles. The number of halogens is 2. The normalized spacial score (nSPS) is 12.3. The minimum Gasteiger partial charge on any atom is -1.00 e. The van der Waals surface area contributed by atoms with Crippen molar-refractivity contribution in [2.24, 2.45) is 5.73 Å². The van der Waals surface area contributed by atoms with Gasteiger partial charge in [-0.1, -0.05) is 112 Å². The predicted molar refractivity (Wildman–Crippen MR) is 406 cm³/mol. The Morgan fingerprint density at radius 2 is 1.16 bits per heavy atom. The number of hydrogen-bond donors (Lipinski definition) is 2. The molecule has 0 aliphatic carbocycles. The number of pyridine rings is 2. The van der Waals surface area contributed by atoms with E-state index in [0.29, 0.717) is 40.2 Å². The largest absolute Gasteiger partial charge is 1.00 e. The molecule has 11 aromatic rings. The van der Waals surface area contributed by atoms with Crippen LogP contribution < -0.4 is 97.1 Å². The molecule has 0 unspecified atom stereocenters. The van der Waals surface area contributed by atoms with E-state index in [4.69, 9.17) is 27.2 Å². The Hall–Kier alpha value is -6.88. The van der Waals surface area contributed by atoms with Crippen LogP contribution in [0.5, 0.6) is 0 Å². The van der Waals surface area contributed by atoms with Crippen molar-refractivity contribution in [2.45, 2.75) is 78.0 Å². The molecule has 103 heavy (non-hydrogen) atoms. The summed E-state index contributed by atoms with van der Waals surface area (Å²) in [6.45, 7) is 11.4. The number of methoxy groups -OCH3 is 1. The first kappa shape index (κ1) is 86.8. The van der Waals surface area contributed by atoms with Gasteiger partial charge in [0.1, 0.15) is 5.69 Å². The van der Waals surface area contributed by atoms with Gasteiger partial charge >= 0.3 is 86.9 Å². The van der Waals surface area contributed by atoms with Gasteiger partial charge in [-0.05, 0) is 171 Å². The Morgan fingerprint density at radius 1 is 0.641 bits per heavy atom. The number of alkyl halides is 1. The van der Waals surface area contributed by atoms with Gasteiger partial charge in [-0.2, -0.15) is 10.2 Å². The number of ether oxygens (including phenoxy) is 2. The van der Waals surface area contributed by atoms with E-state index in [9.17, 15) is 29.1 Å². The van der Waals surface area contributed by atoms with Gasteiger partial charge in [-0.25, -0.2) is 9.48 Å². The van der Waals surface area contributed by atoms with E-state index in [-0.39, 0.29) is 94.7 Å². The molecule has 13 rings (SSSR count). The number of carbonyl (C=O) groups is 5. The molecule has 8 heterocycles. The summed E-state index contributed by atoms with van der Waals surface area (Å²) >= 11 is 8.67. The van der Waals surface area contributed by atoms with Crippen molar-refractivity contribution in [3.05, 3.63) is 216 Å². The molecule has 0 bridgehead atoms. The summed E-state index contributed by atoms with van der Waals surface area (Å²) < 4.78 is 18.3. The van der Waals surface area contributed by atoms with Crippen LogP contribution in [-0.2, 0) is 48.2 Å². The van der Waals surface area contributed by atoms with Crippen molar-refractivity contribution in [3.8, 4) is 11.4 Å². The molecule has 0 radical (unpaired) electrons. The quantitative estimate of drug-likeness (QED) is 0.0236. The Bertz CT molecular complexity index is 4510. The second kappa shape index (κ2) is 44.2. The summed E-state index contributed by atoms with van der Waals surface area (Å²) in [5.41, 5.74) is 13.2. The fourth-order valence-electron chi connectivity index (χ4n) is 10.8. The third kappa shape index (κ3) is 26.6. The number of aryl methyl sites for hydroxylation is 2. The number of primary amides is 1. The zero-order valence-electron chi connectivity index (χ0n) is 62.3. The SMILES string of the molecule is Brc1cccnc1.C1CCOC1.CC(C)(C)[O-].CN(C)CCCCl.CN(C)CCCn1nc(C2=C(c3cn(-c4ccccc4)c4ccccc34)C(=O)NC2=O)c2ccccc21.COC(=O)C(=O)c1cn(CCCN(C)C)c2ccccc12.NC(=O)Cc1nn(-c2cccnc2)c2ccccc12.[H-].[K+].[Na+]. The Balaban J connectivity index is 0.000000292. The van der Waals surface area contributed by atoms with Crippen LogP contribution in [0.25, 0.3) is 66.1 Å².